The number of hydrogen-bond donors (Lipinski definition) is 1. The molecular weight excluding hydrogens is 320 g/mol. The molecule has 1 aromatic rings. The van der Waals surface area contributed by atoms with Gasteiger partial charge in [0.25, 0.3) is 0 Å². The Morgan fingerprint density at radius 2 is 2.09 bits per heavy atom. The van der Waals surface area contributed by atoms with Crippen LogP contribution in [-0.2, 0) is 18.4 Å². The second-order valence-electron chi connectivity index (χ2n) is 4.82. The van der Waals surface area contributed by atoms with Crippen LogP contribution in [-0.4, -0.2) is 50.1 Å². The van der Waals surface area contributed by atoms with Crippen molar-refractivity contribution in [3.8, 4) is 0 Å². The molecule has 1 aromatic heterocycles. The lowest BCUT2D eigenvalue weighted by molar-refractivity contribution is -0.143. The lowest BCUT2D eigenvalue weighted by atomic mass is 10.5. The van der Waals surface area contributed by atoms with Gasteiger partial charge in [-0.3, -0.25) is 4.79 Å². The summed E-state index contributed by atoms with van der Waals surface area (Å²) in [5.41, 5.74) is 0. The molecule has 6 nitrogen and oxygen atoms in total. The van der Waals surface area contributed by atoms with Crippen molar-refractivity contribution in [2.45, 2.75) is 44.4 Å². The number of nitrogens with zero attached hydrogens (tertiary/aromatic N) is 1. The number of esters is 1. The molecule has 0 saturated heterocycles. The van der Waals surface area contributed by atoms with Crippen LogP contribution in [0.3, 0.4) is 0 Å². The Hall–Kier alpha value is -0.833. The smallest absolute Gasteiger partial charge is 0.335 e. The summed E-state index contributed by atoms with van der Waals surface area (Å²) in [5.74, 6) is 0.492. The van der Waals surface area contributed by atoms with Gasteiger partial charge in [-0.05, 0) is 32.9 Å². The Labute approximate surface area is 137 Å². The summed E-state index contributed by atoms with van der Waals surface area (Å²) in [4.78, 5) is 18.7. The highest BCUT2D eigenvalue weighted by molar-refractivity contribution is 7.99. The lowest BCUT2D eigenvalue weighted by Crippen LogP contribution is -2.38. The van der Waals surface area contributed by atoms with Gasteiger partial charge in [0.15, 0.2) is 5.16 Å². The van der Waals surface area contributed by atoms with E-state index in [1.165, 1.54) is 11.8 Å². The first-order valence-electron chi connectivity index (χ1n) is 7.65. The van der Waals surface area contributed by atoms with Crippen LogP contribution in [0.1, 0.15) is 26.7 Å². The minimum Gasteiger partial charge on any atom is -0.466 e. The van der Waals surface area contributed by atoms with Crippen molar-refractivity contribution in [1.29, 1.82) is 0 Å². The molecule has 0 unspecified atom stereocenters. The number of H-pyrrole nitrogens is 1. The summed E-state index contributed by atoms with van der Waals surface area (Å²) in [6.07, 6.45) is 4.62. The van der Waals surface area contributed by atoms with E-state index in [1.807, 2.05) is 13.8 Å². The Balaban J connectivity index is 2.10. The molecule has 0 radical (unpaired) electrons. The number of thioether (sulfide) groups is 1. The molecule has 1 heterocycles. The van der Waals surface area contributed by atoms with Crippen LogP contribution >= 0.6 is 11.8 Å². The highest BCUT2D eigenvalue weighted by Crippen LogP contribution is 2.16. The summed E-state index contributed by atoms with van der Waals surface area (Å²) < 4.78 is 16.7. The van der Waals surface area contributed by atoms with Crippen LogP contribution in [0, 0.1) is 0 Å². The van der Waals surface area contributed by atoms with E-state index in [2.05, 4.69) is 16.5 Å². The minimum atomic E-state index is -2.09. The van der Waals surface area contributed by atoms with Crippen molar-refractivity contribution in [3.63, 3.8) is 0 Å². The van der Waals surface area contributed by atoms with E-state index in [4.69, 9.17) is 13.6 Å². The molecule has 0 fully saturated rings. The van der Waals surface area contributed by atoms with Crippen molar-refractivity contribution in [3.05, 3.63) is 12.4 Å². The van der Waals surface area contributed by atoms with Gasteiger partial charge in [-0.2, -0.15) is 0 Å². The summed E-state index contributed by atoms with van der Waals surface area (Å²) in [6, 6.07) is 0.836. The van der Waals surface area contributed by atoms with Gasteiger partial charge in [-0.25, -0.2) is 4.98 Å². The zero-order valence-corrected chi connectivity index (χ0v) is 15.4. The number of carbonyl (C=O) groups excluding carboxylic acids is 1. The molecule has 22 heavy (non-hydrogen) atoms. The SMILES string of the molecule is CCO[Si](C)(CCCOC(=O)CCSc1ncc[nH]1)OCC. The van der Waals surface area contributed by atoms with Crippen molar-refractivity contribution in [2.24, 2.45) is 0 Å². The maximum Gasteiger partial charge on any atom is 0.335 e. The molecule has 126 valence electrons. The third kappa shape index (κ3) is 7.97. The van der Waals surface area contributed by atoms with Gasteiger partial charge in [-0.15, -0.1) is 0 Å². The maximum atomic E-state index is 11.6. The zero-order valence-electron chi connectivity index (χ0n) is 13.6. The van der Waals surface area contributed by atoms with E-state index in [0.717, 1.165) is 17.6 Å². The quantitative estimate of drug-likeness (QED) is 0.271. The number of aromatic nitrogens is 2. The molecule has 8 heteroatoms. The molecular formula is C14H26N2O4SSi. The Morgan fingerprint density at radius 3 is 2.68 bits per heavy atom. The Kier molecular flexibility index (Phi) is 9.45. The summed E-state index contributed by atoms with van der Waals surface area (Å²) in [7, 11) is -2.09. The van der Waals surface area contributed by atoms with Crippen LogP contribution < -0.4 is 0 Å². The predicted molar refractivity (Wildman–Crippen MR) is 89.2 cm³/mol. The normalized spacial score (nSPS) is 11.6. The van der Waals surface area contributed by atoms with E-state index in [9.17, 15) is 4.79 Å². The third-order valence-electron chi connectivity index (χ3n) is 2.96. The van der Waals surface area contributed by atoms with Crippen LogP contribution in [0.25, 0.3) is 0 Å². The second-order valence-corrected chi connectivity index (χ2v) is 9.25. The average molecular weight is 347 g/mol. The van der Waals surface area contributed by atoms with E-state index in [-0.39, 0.29) is 5.97 Å². The Morgan fingerprint density at radius 1 is 1.36 bits per heavy atom. The van der Waals surface area contributed by atoms with Crippen molar-refractivity contribution >= 4 is 26.3 Å². The van der Waals surface area contributed by atoms with Gasteiger partial charge in [-0.1, -0.05) is 11.8 Å². The van der Waals surface area contributed by atoms with Crippen LogP contribution in [0.2, 0.25) is 12.6 Å². The fraction of sp³-hybridized carbons (Fsp3) is 0.714. The minimum absolute atomic E-state index is 0.171. The van der Waals surface area contributed by atoms with Gasteiger partial charge in [0.1, 0.15) is 0 Å². The van der Waals surface area contributed by atoms with Crippen molar-refractivity contribution in [1.82, 2.24) is 9.97 Å². The first kappa shape index (κ1) is 19.2. The molecule has 0 aliphatic heterocycles. The van der Waals surface area contributed by atoms with E-state index in [0.29, 0.717) is 32.0 Å². The second kappa shape index (κ2) is 10.8. The summed E-state index contributed by atoms with van der Waals surface area (Å²) in [5, 5.41) is 0.822. The number of ether oxygens (including phenoxy) is 1. The van der Waals surface area contributed by atoms with Crippen LogP contribution in [0.15, 0.2) is 17.6 Å². The molecule has 1 N–H and O–H groups in total. The zero-order chi connectivity index (χ0) is 16.3. The van der Waals surface area contributed by atoms with Gasteiger partial charge in [0, 0.05) is 31.4 Å². The molecule has 0 saturated carbocycles. The van der Waals surface area contributed by atoms with Crippen LogP contribution in [0.4, 0.5) is 0 Å². The summed E-state index contributed by atoms with van der Waals surface area (Å²) >= 11 is 1.51. The largest absolute Gasteiger partial charge is 0.466 e. The van der Waals surface area contributed by atoms with Gasteiger partial charge in [0.05, 0.1) is 13.0 Å². The third-order valence-corrected chi connectivity index (χ3v) is 6.92. The fourth-order valence-corrected chi connectivity index (χ4v) is 5.14. The van der Waals surface area contributed by atoms with Crippen molar-refractivity contribution < 1.29 is 18.4 Å². The van der Waals surface area contributed by atoms with Gasteiger partial charge < -0.3 is 18.6 Å². The van der Waals surface area contributed by atoms with E-state index < -0.39 is 8.56 Å². The highest BCUT2D eigenvalue weighted by atomic mass is 32.2. The van der Waals surface area contributed by atoms with Gasteiger partial charge in [0.2, 0.25) is 0 Å². The van der Waals surface area contributed by atoms with Crippen molar-refractivity contribution in [2.75, 3.05) is 25.6 Å². The number of nitrogens with one attached hydrogen (secondary N) is 1. The highest BCUT2D eigenvalue weighted by Gasteiger charge is 2.30. The first-order valence-corrected chi connectivity index (χ1v) is 11.2. The molecule has 0 spiro atoms. The molecule has 0 aromatic carbocycles. The predicted octanol–water partition coefficient (Wildman–Crippen LogP) is 2.97. The number of hydrogen-bond acceptors (Lipinski definition) is 6. The van der Waals surface area contributed by atoms with Gasteiger partial charge >= 0.3 is 14.5 Å². The number of carbonyl (C=O) groups is 1. The average Bonchev–Trinajstić information content (AvgIpc) is 2.97. The molecule has 0 amide bonds. The number of imidazole rings is 1. The monoisotopic (exact) mass is 346 g/mol. The number of rotatable bonds is 12. The van der Waals surface area contributed by atoms with Crippen LogP contribution in [0.5, 0.6) is 0 Å². The maximum absolute atomic E-state index is 11.6. The fourth-order valence-electron chi connectivity index (χ4n) is 2.01. The molecule has 0 atom stereocenters. The van der Waals surface area contributed by atoms with E-state index in [1.54, 1.807) is 12.4 Å². The molecule has 0 aliphatic carbocycles. The topological polar surface area (TPSA) is 73.4 Å². The lowest BCUT2D eigenvalue weighted by Gasteiger charge is -2.25. The van der Waals surface area contributed by atoms with E-state index >= 15 is 0 Å². The molecule has 1 rings (SSSR count). The molecule has 0 aliphatic rings. The summed E-state index contributed by atoms with van der Waals surface area (Å²) in [6.45, 7) is 7.75. The standard InChI is InChI=1S/C14H26N2O4SSi/c1-4-19-22(3,20-5-2)12-6-10-18-13(17)7-11-21-14-15-8-9-16-14/h8-9H,4-7,10-12H2,1-3H3,(H,15,16). The molecule has 0 bridgehead atoms. The first-order chi connectivity index (χ1) is 10.6. The number of aromatic amines is 1. The Bertz CT molecular complexity index is 411.